The van der Waals surface area contributed by atoms with Gasteiger partial charge in [0.2, 0.25) is 0 Å². The molecule has 1 aliphatic carbocycles. The summed E-state index contributed by atoms with van der Waals surface area (Å²) in [6.07, 6.45) is 4.46. The Kier molecular flexibility index (Phi) is 5.98. The second-order valence-corrected chi connectivity index (χ2v) is 6.36. The average Bonchev–Trinajstić information content (AvgIpc) is 2.48. The minimum absolute atomic E-state index is 0.0505. The van der Waals surface area contributed by atoms with Gasteiger partial charge in [0.15, 0.2) is 5.15 Å². The summed E-state index contributed by atoms with van der Waals surface area (Å²) in [4.78, 5) is 2.09. The van der Waals surface area contributed by atoms with E-state index in [1.165, 1.54) is 0 Å². The molecule has 2 rings (SSSR count). The minimum atomic E-state index is -0.0505. The highest BCUT2D eigenvalue weighted by atomic mass is 35.5. The normalized spacial score (nSPS) is 23.5. The molecule has 5 heteroatoms. The zero-order valence-electron chi connectivity index (χ0n) is 12.7. The van der Waals surface area contributed by atoms with Crippen molar-refractivity contribution in [3.05, 3.63) is 23.0 Å². The predicted octanol–water partition coefficient (Wildman–Crippen LogP) is 2.50. The molecule has 1 atom stereocenters. The van der Waals surface area contributed by atoms with Crippen LogP contribution in [0.3, 0.4) is 0 Å². The van der Waals surface area contributed by atoms with Crippen molar-refractivity contribution in [1.29, 1.82) is 0 Å². The summed E-state index contributed by atoms with van der Waals surface area (Å²) in [5.74, 6) is 7.61. The maximum atomic E-state index is 6.32. The molecular weight excluding hydrogens is 284 g/mol. The quantitative estimate of drug-likeness (QED) is 0.872. The van der Waals surface area contributed by atoms with E-state index in [2.05, 4.69) is 26.9 Å². The van der Waals surface area contributed by atoms with E-state index in [1.807, 2.05) is 20.2 Å². The fourth-order valence-corrected chi connectivity index (χ4v) is 2.82. The van der Waals surface area contributed by atoms with Gasteiger partial charge < -0.3 is 5.73 Å². The maximum Gasteiger partial charge on any atom is 0.151 e. The highest BCUT2D eigenvalue weighted by molar-refractivity contribution is 6.29. The van der Waals surface area contributed by atoms with Gasteiger partial charge in [0.05, 0.1) is 18.3 Å². The summed E-state index contributed by atoms with van der Waals surface area (Å²) in [6.45, 7) is 0.833. The van der Waals surface area contributed by atoms with Gasteiger partial charge >= 0.3 is 0 Å². The number of nitrogens with two attached hydrogens (primary N) is 1. The second kappa shape index (κ2) is 7.74. The fourth-order valence-electron chi connectivity index (χ4n) is 2.72. The number of nitrogens with zero attached hydrogens (tertiary/aromatic N) is 3. The van der Waals surface area contributed by atoms with Crippen molar-refractivity contribution in [3.63, 3.8) is 0 Å². The number of hydrogen-bond acceptors (Lipinski definition) is 4. The lowest BCUT2D eigenvalue weighted by atomic mass is 9.78. The Labute approximate surface area is 132 Å². The molecule has 4 nitrogen and oxygen atoms in total. The van der Waals surface area contributed by atoms with Crippen LogP contribution in [0.2, 0.25) is 5.15 Å². The summed E-state index contributed by atoms with van der Waals surface area (Å²) < 4.78 is 0. The molecule has 2 N–H and O–H groups in total. The molecule has 1 heterocycles. The van der Waals surface area contributed by atoms with Gasteiger partial charge in [-0.05, 0) is 57.8 Å². The molecule has 114 valence electrons. The molecule has 0 radical (unpaired) electrons. The van der Waals surface area contributed by atoms with Crippen molar-refractivity contribution in [2.24, 2.45) is 17.6 Å². The van der Waals surface area contributed by atoms with Gasteiger partial charge in [0.1, 0.15) is 0 Å². The van der Waals surface area contributed by atoms with Crippen LogP contribution in [0.4, 0.5) is 0 Å². The van der Waals surface area contributed by atoms with Gasteiger partial charge in [-0.25, -0.2) is 0 Å². The van der Waals surface area contributed by atoms with E-state index in [0.29, 0.717) is 17.0 Å². The van der Waals surface area contributed by atoms with Gasteiger partial charge in [-0.3, -0.25) is 4.90 Å². The third-order valence-corrected chi connectivity index (χ3v) is 4.18. The SMILES string of the molecule is CN(C)CC#CC1CCC(C(N)c2ccc(Cl)nn2)CC1. The van der Waals surface area contributed by atoms with Crippen LogP contribution < -0.4 is 5.73 Å². The molecule has 1 saturated carbocycles. The molecule has 1 aromatic heterocycles. The van der Waals surface area contributed by atoms with Crippen LogP contribution >= 0.6 is 11.6 Å². The van der Waals surface area contributed by atoms with Crippen molar-refractivity contribution in [3.8, 4) is 11.8 Å². The standard InChI is InChI=1S/C16H23ClN4/c1-21(2)11-3-4-12-5-7-13(8-6-12)16(18)14-9-10-15(17)20-19-14/h9-10,12-13,16H,5-8,11,18H2,1-2H3. The summed E-state index contributed by atoms with van der Waals surface area (Å²) in [7, 11) is 4.08. The third-order valence-electron chi connectivity index (χ3n) is 3.98. The number of hydrogen-bond donors (Lipinski definition) is 1. The summed E-state index contributed by atoms with van der Waals surface area (Å²) in [5.41, 5.74) is 7.15. The monoisotopic (exact) mass is 306 g/mol. The molecule has 1 aliphatic rings. The molecule has 0 amide bonds. The molecule has 0 aromatic carbocycles. The molecule has 1 aromatic rings. The van der Waals surface area contributed by atoms with Crippen LogP contribution in [-0.4, -0.2) is 35.7 Å². The van der Waals surface area contributed by atoms with Crippen LogP contribution in [0.5, 0.6) is 0 Å². The summed E-state index contributed by atoms with van der Waals surface area (Å²) in [6, 6.07) is 3.58. The van der Waals surface area contributed by atoms with Gasteiger partial charge in [-0.1, -0.05) is 23.4 Å². The highest BCUT2D eigenvalue weighted by Crippen LogP contribution is 2.34. The van der Waals surface area contributed by atoms with Crippen LogP contribution in [0.15, 0.2) is 12.1 Å². The molecule has 21 heavy (non-hydrogen) atoms. The van der Waals surface area contributed by atoms with Crippen LogP contribution in [0.25, 0.3) is 0 Å². The van der Waals surface area contributed by atoms with Crippen LogP contribution in [0, 0.1) is 23.7 Å². The molecule has 0 bridgehead atoms. The molecule has 0 saturated heterocycles. The third kappa shape index (κ3) is 4.96. The lowest BCUT2D eigenvalue weighted by Gasteiger charge is -2.29. The topological polar surface area (TPSA) is 55.0 Å². The van der Waals surface area contributed by atoms with Gasteiger partial charge in [0, 0.05) is 5.92 Å². The van der Waals surface area contributed by atoms with Crippen LogP contribution in [-0.2, 0) is 0 Å². The van der Waals surface area contributed by atoms with E-state index in [4.69, 9.17) is 17.3 Å². The second-order valence-electron chi connectivity index (χ2n) is 5.98. The van der Waals surface area contributed by atoms with Gasteiger partial charge in [-0.2, -0.15) is 5.10 Å². The van der Waals surface area contributed by atoms with E-state index < -0.39 is 0 Å². The smallest absolute Gasteiger partial charge is 0.151 e. The Morgan fingerprint density at radius 3 is 2.57 bits per heavy atom. The summed E-state index contributed by atoms with van der Waals surface area (Å²) in [5, 5.41) is 8.38. The van der Waals surface area contributed by atoms with Crippen molar-refractivity contribution in [1.82, 2.24) is 15.1 Å². The van der Waals surface area contributed by atoms with E-state index in [0.717, 1.165) is 37.9 Å². The number of halogens is 1. The van der Waals surface area contributed by atoms with E-state index in [-0.39, 0.29) is 6.04 Å². The molecule has 0 aliphatic heterocycles. The Bertz CT molecular complexity index is 495. The Morgan fingerprint density at radius 1 is 1.29 bits per heavy atom. The number of aromatic nitrogens is 2. The first-order chi connectivity index (χ1) is 10.1. The highest BCUT2D eigenvalue weighted by Gasteiger charge is 2.26. The first-order valence-electron chi connectivity index (χ1n) is 7.44. The first-order valence-corrected chi connectivity index (χ1v) is 7.82. The van der Waals surface area contributed by atoms with E-state index in [1.54, 1.807) is 6.07 Å². The largest absolute Gasteiger partial charge is 0.322 e. The van der Waals surface area contributed by atoms with Crippen molar-refractivity contribution < 1.29 is 0 Å². The lowest BCUT2D eigenvalue weighted by Crippen LogP contribution is -2.26. The van der Waals surface area contributed by atoms with Gasteiger partial charge in [-0.15, -0.1) is 5.10 Å². The zero-order chi connectivity index (χ0) is 15.2. The molecule has 1 unspecified atom stereocenters. The van der Waals surface area contributed by atoms with Crippen molar-refractivity contribution in [2.75, 3.05) is 20.6 Å². The summed E-state index contributed by atoms with van der Waals surface area (Å²) >= 11 is 5.76. The molecule has 1 fully saturated rings. The van der Waals surface area contributed by atoms with Crippen molar-refractivity contribution in [2.45, 2.75) is 31.7 Å². The van der Waals surface area contributed by atoms with Crippen LogP contribution in [0.1, 0.15) is 37.4 Å². The average molecular weight is 307 g/mol. The van der Waals surface area contributed by atoms with Gasteiger partial charge in [0.25, 0.3) is 0 Å². The predicted molar refractivity (Wildman–Crippen MR) is 85.7 cm³/mol. The molecular formula is C16H23ClN4. The first kappa shape index (κ1) is 16.2. The Balaban J connectivity index is 1.85. The van der Waals surface area contributed by atoms with E-state index >= 15 is 0 Å². The zero-order valence-corrected chi connectivity index (χ0v) is 13.5. The Hall–Kier alpha value is -1.15. The maximum absolute atomic E-state index is 6.32. The van der Waals surface area contributed by atoms with E-state index in [9.17, 15) is 0 Å². The fraction of sp³-hybridized carbons (Fsp3) is 0.625. The lowest BCUT2D eigenvalue weighted by molar-refractivity contribution is 0.273. The Morgan fingerprint density at radius 2 is 2.00 bits per heavy atom. The van der Waals surface area contributed by atoms with Crippen molar-refractivity contribution >= 4 is 11.6 Å². The minimum Gasteiger partial charge on any atom is -0.322 e. The molecule has 0 spiro atoms. The number of rotatable bonds is 3.